The lowest BCUT2D eigenvalue weighted by atomic mass is 10.0. The molecule has 7 heteroatoms. The maximum Gasteiger partial charge on any atom is 0.254 e. The Labute approximate surface area is 233 Å². The Kier molecular flexibility index (Phi) is 5.22. The van der Waals surface area contributed by atoms with Gasteiger partial charge in [-0.15, -0.1) is 0 Å². The van der Waals surface area contributed by atoms with Crippen LogP contribution in [0.2, 0.25) is 0 Å². The van der Waals surface area contributed by atoms with Crippen molar-refractivity contribution >= 4 is 27.8 Å². The number of ether oxygens (including phenoxy) is 1. The van der Waals surface area contributed by atoms with Gasteiger partial charge >= 0.3 is 0 Å². The van der Waals surface area contributed by atoms with E-state index >= 15 is 0 Å². The Bertz CT molecular complexity index is 1770. The van der Waals surface area contributed by atoms with E-state index in [1.807, 2.05) is 31.3 Å². The second-order valence-corrected chi connectivity index (χ2v) is 12.1. The molecule has 2 saturated carbocycles. The zero-order chi connectivity index (χ0) is 27.1. The summed E-state index contributed by atoms with van der Waals surface area (Å²) in [6.07, 6.45) is 6.57. The molecule has 7 nitrogen and oxygen atoms in total. The van der Waals surface area contributed by atoms with E-state index < -0.39 is 0 Å². The summed E-state index contributed by atoms with van der Waals surface area (Å²) >= 11 is 0. The number of hydrogen-bond acceptors (Lipinski definition) is 4. The van der Waals surface area contributed by atoms with Crippen LogP contribution in [0.15, 0.2) is 59.2 Å². The number of methoxy groups -OCH3 is 1. The van der Waals surface area contributed by atoms with Crippen molar-refractivity contribution < 1.29 is 13.9 Å². The summed E-state index contributed by atoms with van der Waals surface area (Å²) in [6, 6.07) is 16.8. The van der Waals surface area contributed by atoms with E-state index in [4.69, 9.17) is 14.1 Å². The number of likely N-dealkylation sites (tertiary alicyclic amines) is 1. The molecule has 0 N–H and O–H groups in total. The fourth-order valence-electron chi connectivity index (χ4n) is 7.42. The van der Waals surface area contributed by atoms with Crippen LogP contribution in [0.1, 0.15) is 43.0 Å². The van der Waals surface area contributed by atoms with Crippen LogP contribution < -0.4 is 4.74 Å². The molecule has 1 amide bonds. The average Bonchev–Trinajstić information content (AvgIpc) is 3.35. The number of furan rings is 1. The summed E-state index contributed by atoms with van der Waals surface area (Å²) in [4.78, 5) is 21.0. The Morgan fingerprint density at radius 3 is 2.65 bits per heavy atom. The molecule has 2 bridgehead atoms. The molecule has 204 valence electrons. The van der Waals surface area contributed by atoms with E-state index in [2.05, 4.69) is 45.2 Å². The van der Waals surface area contributed by atoms with Crippen molar-refractivity contribution in [3.8, 4) is 28.6 Å². The van der Waals surface area contributed by atoms with Gasteiger partial charge in [0.05, 0.1) is 30.1 Å². The Balaban J connectivity index is 1.28. The summed E-state index contributed by atoms with van der Waals surface area (Å²) in [6.45, 7) is 4.09. The maximum atomic E-state index is 13.7. The van der Waals surface area contributed by atoms with Crippen LogP contribution in [0.25, 0.3) is 44.8 Å². The Morgan fingerprint density at radius 1 is 1.07 bits per heavy atom. The number of carbonyl (C=O) groups is 1. The summed E-state index contributed by atoms with van der Waals surface area (Å²) in [5, 5.41) is 1.16. The van der Waals surface area contributed by atoms with Crippen LogP contribution in [0.5, 0.6) is 5.75 Å². The SMILES string of the molecule is COc1cc(C(=O)N2CC3CCC2[C@@H]3C)cc2nc(-c3cc4cccc(-c5ccco5)c4n3CC3CC3)n(C)c12. The number of hydrogen-bond donors (Lipinski definition) is 0. The second-order valence-electron chi connectivity index (χ2n) is 12.1. The van der Waals surface area contributed by atoms with Gasteiger partial charge in [-0.25, -0.2) is 4.98 Å². The number of benzene rings is 2. The van der Waals surface area contributed by atoms with Crippen molar-refractivity contribution in [1.29, 1.82) is 0 Å². The first-order valence-corrected chi connectivity index (χ1v) is 14.5. The smallest absolute Gasteiger partial charge is 0.254 e. The van der Waals surface area contributed by atoms with Crippen LogP contribution in [0.4, 0.5) is 0 Å². The third kappa shape index (κ3) is 3.49. The molecular formula is C33H34N4O3. The lowest BCUT2D eigenvalue weighted by Crippen LogP contribution is -2.38. The molecule has 3 aromatic heterocycles. The van der Waals surface area contributed by atoms with Crippen LogP contribution in [0, 0.1) is 17.8 Å². The van der Waals surface area contributed by atoms with E-state index in [1.54, 1.807) is 13.4 Å². The first-order valence-electron chi connectivity index (χ1n) is 14.5. The summed E-state index contributed by atoms with van der Waals surface area (Å²) in [5.74, 6) is 4.39. The molecule has 4 heterocycles. The standard InChI is InChI=1S/C33H34N4O3/c1-19-22-11-12-26(19)37(18-22)33(38)23-14-25-31(29(16-23)39-3)35(2)32(34-25)27-15-21-6-4-7-24(28-8-5-13-40-28)30(21)36(27)17-20-9-10-20/h4-8,13-16,19-20,22,26H,9-12,17-18H2,1-3H3/t19-,22?,26?/m1/s1. The topological polar surface area (TPSA) is 65.4 Å². The molecule has 8 rings (SSSR count). The molecule has 1 aliphatic heterocycles. The van der Waals surface area contributed by atoms with Crippen molar-refractivity contribution in [3.05, 3.63) is 60.4 Å². The van der Waals surface area contributed by atoms with Crippen LogP contribution in [-0.4, -0.2) is 44.6 Å². The van der Waals surface area contributed by atoms with E-state index in [0.717, 1.165) is 58.8 Å². The molecule has 2 unspecified atom stereocenters. The highest BCUT2D eigenvalue weighted by molar-refractivity contribution is 6.01. The highest BCUT2D eigenvalue weighted by atomic mass is 16.5. The van der Waals surface area contributed by atoms with Gasteiger partial charge < -0.3 is 23.2 Å². The molecule has 3 aliphatic rings. The van der Waals surface area contributed by atoms with E-state index in [1.165, 1.54) is 24.8 Å². The Hall–Kier alpha value is -4.00. The predicted molar refractivity (Wildman–Crippen MR) is 155 cm³/mol. The van der Waals surface area contributed by atoms with Crippen LogP contribution in [-0.2, 0) is 13.6 Å². The predicted octanol–water partition coefficient (Wildman–Crippen LogP) is 6.74. The van der Waals surface area contributed by atoms with Gasteiger partial charge in [0.1, 0.15) is 17.0 Å². The van der Waals surface area contributed by atoms with Crippen molar-refractivity contribution in [1.82, 2.24) is 19.0 Å². The minimum atomic E-state index is 0.0948. The van der Waals surface area contributed by atoms with Gasteiger partial charge in [0.2, 0.25) is 0 Å². The fraction of sp³-hybridized carbons (Fsp3) is 0.394. The highest BCUT2D eigenvalue weighted by Crippen LogP contribution is 2.44. The minimum absolute atomic E-state index is 0.0948. The number of para-hydroxylation sites is 1. The van der Waals surface area contributed by atoms with Crippen molar-refractivity contribution in [2.75, 3.05) is 13.7 Å². The van der Waals surface area contributed by atoms with Gasteiger partial charge in [-0.3, -0.25) is 4.79 Å². The highest BCUT2D eigenvalue weighted by Gasteiger charge is 2.46. The zero-order valence-corrected chi connectivity index (χ0v) is 23.3. The summed E-state index contributed by atoms with van der Waals surface area (Å²) in [7, 11) is 3.72. The molecule has 2 aliphatic carbocycles. The number of aryl methyl sites for hydroxylation is 1. The van der Waals surface area contributed by atoms with Gasteiger partial charge in [0, 0.05) is 42.7 Å². The van der Waals surface area contributed by atoms with Gasteiger partial charge in [-0.05, 0) is 79.8 Å². The number of fused-ring (bicyclic) bond motifs is 4. The molecule has 40 heavy (non-hydrogen) atoms. The summed E-state index contributed by atoms with van der Waals surface area (Å²) < 4.78 is 16.3. The molecule has 2 aromatic carbocycles. The fourth-order valence-corrected chi connectivity index (χ4v) is 7.42. The maximum absolute atomic E-state index is 13.7. The zero-order valence-electron chi connectivity index (χ0n) is 23.3. The van der Waals surface area contributed by atoms with Gasteiger partial charge in [-0.1, -0.05) is 19.1 Å². The third-order valence-corrected chi connectivity index (χ3v) is 9.75. The van der Waals surface area contributed by atoms with E-state index in [9.17, 15) is 4.79 Å². The van der Waals surface area contributed by atoms with Crippen LogP contribution in [0.3, 0.4) is 0 Å². The van der Waals surface area contributed by atoms with Crippen molar-refractivity contribution in [3.63, 3.8) is 0 Å². The molecule has 5 aromatic rings. The van der Waals surface area contributed by atoms with Gasteiger partial charge in [0.15, 0.2) is 5.82 Å². The number of imidazole rings is 1. The van der Waals surface area contributed by atoms with Gasteiger partial charge in [-0.2, -0.15) is 0 Å². The normalized spacial score (nSPS) is 22.2. The van der Waals surface area contributed by atoms with E-state index in [0.29, 0.717) is 35.1 Å². The average molecular weight is 535 g/mol. The molecule has 1 saturated heterocycles. The third-order valence-electron chi connectivity index (χ3n) is 9.75. The largest absolute Gasteiger partial charge is 0.494 e. The molecule has 3 atom stereocenters. The first kappa shape index (κ1) is 23.9. The second kappa shape index (κ2) is 8.75. The number of carbonyl (C=O) groups excluding carboxylic acids is 1. The number of aromatic nitrogens is 3. The van der Waals surface area contributed by atoms with Gasteiger partial charge in [0.25, 0.3) is 5.91 Å². The number of piperidine rings is 1. The minimum Gasteiger partial charge on any atom is -0.494 e. The quantitative estimate of drug-likeness (QED) is 0.242. The number of nitrogens with zero attached hydrogens (tertiary/aromatic N) is 4. The lowest BCUT2D eigenvalue weighted by molar-refractivity contribution is 0.0696. The monoisotopic (exact) mass is 534 g/mol. The van der Waals surface area contributed by atoms with Crippen LogP contribution >= 0.6 is 0 Å². The summed E-state index contributed by atoms with van der Waals surface area (Å²) in [5.41, 5.74) is 5.68. The molecular weight excluding hydrogens is 500 g/mol. The molecule has 0 spiro atoms. The number of amides is 1. The van der Waals surface area contributed by atoms with E-state index in [-0.39, 0.29) is 5.91 Å². The lowest BCUT2D eigenvalue weighted by Gasteiger charge is -2.27. The number of rotatable bonds is 6. The first-order chi connectivity index (χ1) is 19.5. The molecule has 3 fully saturated rings. The van der Waals surface area contributed by atoms with Crippen molar-refractivity contribution in [2.45, 2.75) is 45.2 Å². The van der Waals surface area contributed by atoms with Crippen molar-refractivity contribution in [2.24, 2.45) is 24.8 Å². The Morgan fingerprint density at radius 2 is 1.95 bits per heavy atom. The molecule has 0 radical (unpaired) electrons.